The molecule has 0 aliphatic carbocycles. The van der Waals surface area contributed by atoms with Crippen molar-refractivity contribution in [3.05, 3.63) is 0 Å². The molecule has 0 amide bonds. The summed E-state index contributed by atoms with van der Waals surface area (Å²) in [6.45, 7) is 1.55. The van der Waals surface area contributed by atoms with Crippen LogP contribution in [-0.2, 0) is 0 Å². The maximum absolute atomic E-state index is 8.94. The van der Waals surface area contributed by atoms with Crippen LogP contribution >= 0.6 is 0 Å². The maximum atomic E-state index is 8.94. The summed E-state index contributed by atoms with van der Waals surface area (Å²) in [5.41, 5.74) is 5.50. The van der Waals surface area contributed by atoms with Gasteiger partial charge in [-0.25, -0.2) is 0 Å². The molecule has 1 saturated heterocycles. The van der Waals surface area contributed by atoms with Gasteiger partial charge in [0.15, 0.2) is 0 Å². The molecule has 1 heterocycles. The largest absolute Gasteiger partial charge is 0.392 e. The Morgan fingerprint density at radius 2 is 2.25 bits per heavy atom. The van der Waals surface area contributed by atoms with E-state index in [-0.39, 0.29) is 12.1 Å². The van der Waals surface area contributed by atoms with Crippen molar-refractivity contribution in [2.75, 3.05) is 13.1 Å². The quantitative estimate of drug-likeness (QED) is 0.367. The SMILES string of the molecule is N[C@@H]1CNC[C@H](O)C1. The Labute approximate surface area is 48.9 Å². The first-order valence-corrected chi connectivity index (χ1v) is 2.93. The fourth-order valence-electron chi connectivity index (χ4n) is 0.951. The van der Waals surface area contributed by atoms with Crippen LogP contribution < -0.4 is 11.1 Å². The van der Waals surface area contributed by atoms with Crippen LogP contribution in [0.2, 0.25) is 0 Å². The zero-order valence-corrected chi connectivity index (χ0v) is 4.80. The average molecular weight is 116 g/mol. The van der Waals surface area contributed by atoms with Crippen molar-refractivity contribution in [3.8, 4) is 0 Å². The van der Waals surface area contributed by atoms with Crippen molar-refractivity contribution in [3.63, 3.8) is 0 Å². The fourth-order valence-corrected chi connectivity index (χ4v) is 0.951. The van der Waals surface area contributed by atoms with E-state index in [1.807, 2.05) is 0 Å². The number of nitrogens with two attached hydrogens (primary N) is 1. The smallest absolute Gasteiger partial charge is 0.0679 e. The lowest BCUT2D eigenvalue weighted by atomic mass is 10.1. The van der Waals surface area contributed by atoms with Crippen molar-refractivity contribution in [2.24, 2.45) is 5.73 Å². The summed E-state index contributed by atoms with van der Waals surface area (Å²) < 4.78 is 0. The molecule has 1 aliphatic heterocycles. The molecule has 1 fully saturated rings. The number of aliphatic hydroxyl groups excluding tert-OH is 1. The van der Waals surface area contributed by atoms with E-state index in [9.17, 15) is 0 Å². The number of aliphatic hydroxyl groups is 1. The predicted octanol–water partition coefficient (Wildman–Crippen LogP) is -1.33. The van der Waals surface area contributed by atoms with Gasteiger partial charge in [-0.3, -0.25) is 0 Å². The lowest BCUT2D eigenvalue weighted by Crippen LogP contribution is -2.46. The van der Waals surface area contributed by atoms with E-state index in [0.29, 0.717) is 6.54 Å². The highest BCUT2D eigenvalue weighted by atomic mass is 16.3. The fraction of sp³-hybridized carbons (Fsp3) is 1.00. The van der Waals surface area contributed by atoms with Gasteiger partial charge in [-0.15, -0.1) is 0 Å². The molecule has 4 N–H and O–H groups in total. The third kappa shape index (κ3) is 1.43. The Morgan fingerprint density at radius 1 is 1.50 bits per heavy atom. The molecule has 2 atom stereocenters. The molecule has 0 aromatic carbocycles. The van der Waals surface area contributed by atoms with Gasteiger partial charge in [0.2, 0.25) is 0 Å². The molecule has 1 rings (SSSR count). The molecule has 48 valence electrons. The first-order chi connectivity index (χ1) is 3.79. The summed E-state index contributed by atoms with van der Waals surface area (Å²) in [6, 6.07) is 0.152. The van der Waals surface area contributed by atoms with Crippen molar-refractivity contribution in [1.82, 2.24) is 5.32 Å². The highest BCUT2D eigenvalue weighted by Crippen LogP contribution is 1.98. The van der Waals surface area contributed by atoms with Crippen LogP contribution in [0.1, 0.15) is 6.42 Å². The zero-order valence-electron chi connectivity index (χ0n) is 4.80. The Balaban J connectivity index is 2.23. The van der Waals surface area contributed by atoms with Gasteiger partial charge < -0.3 is 16.2 Å². The Kier molecular flexibility index (Phi) is 1.83. The van der Waals surface area contributed by atoms with Gasteiger partial charge in [0.25, 0.3) is 0 Å². The van der Waals surface area contributed by atoms with Gasteiger partial charge in [0.1, 0.15) is 0 Å². The number of rotatable bonds is 0. The number of nitrogens with one attached hydrogen (secondary N) is 1. The molecule has 1 aliphatic rings. The molecular formula is C5H12N2O. The molecule has 3 nitrogen and oxygen atoms in total. The number of β-amino-alcohol motifs (C(OH)–C–C–N with tert-alkyl or cyclic N) is 1. The van der Waals surface area contributed by atoms with Crippen LogP contribution in [0.5, 0.6) is 0 Å². The third-order valence-corrected chi connectivity index (χ3v) is 1.36. The van der Waals surface area contributed by atoms with Gasteiger partial charge in [0, 0.05) is 19.1 Å². The predicted molar refractivity (Wildman–Crippen MR) is 31.5 cm³/mol. The van der Waals surface area contributed by atoms with Gasteiger partial charge in [-0.2, -0.15) is 0 Å². The van der Waals surface area contributed by atoms with Crippen molar-refractivity contribution >= 4 is 0 Å². The van der Waals surface area contributed by atoms with Gasteiger partial charge in [-0.05, 0) is 6.42 Å². The first kappa shape index (κ1) is 6.01. The maximum Gasteiger partial charge on any atom is 0.0679 e. The highest BCUT2D eigenvalue weighted by Gasteiger charge is 2.14. The van der Waals surface area contributed by atoms with E-state index in [4.69, 9.17) is 10.8 Å². The monoisotopic (exact) mass is 116 g/mol. The highest BCUT2D eigenvalue weighted by molar-refractivity contribution is 4.76. The second-order valence-corrected chi connectivity index (χ2v) is 2.31. The van der Waals surface area contributed by atoms with Gasteiger partial charge in [-0.1, -0.05) is 0 Å². The lowest BCUT2D eigenvalue weighted by molar-refractivity contribution is 0.133. The Hall–Kier alpha value is -0.120. The molecule has 8 heavy (non-hydrogen) atoms. The molecule has 0 spiro atoms. The standard InChI is InChI=1S/C5H12N2O/c6-4-1-5(8)3-7-2-4/h4-5,7-8H,1-3,6H2/t4-,5+/m0/s1. The van der Waals surface area contributed by atoms with Crippen molar-refractivity contribution in [2.45, 2.75) is 18.6 Å². The molecule has 0 saturated carbocycles. The topological polar surface area (TPSA) is 58.3 Å². The zero-order chi connectivity index (χ0) is 5.98. The lowest BCUT2D eigenvalue weighted by Gasteiger charge is -2.23. The second kappa shape index (κ2) is 2.44. The van der Waals surface area contributed by atoms with Crippen LogP contribution in [0.15, 0.2) is 0 Å². The Bertz CT molecular complexity index is 68.8. The summed E-state index contributed by atoms with van der Waals surface area (Å²) in [4.78, 5) is 0. The van der Waals surface area contributed by atoms with Crippen molar-refractivity contribution in [1.29, 1.82) is 0 Å². The number of hydrogen-bond donors (Lipinski definition) is 3. The number of piperidine rings is 1. The normalized spacial score (nSPS) is 39.8. The Morgan fingerprint density at radius 3 is 2.62 bits per heavy atom. The van der Waals surface area contributed by atoms with Gasteiger partial charge in [0.05, 0.1) is 6.10 Å². The van der Waals surface area contributed by atoms with E-state index < -0.39 is 0 Å². The summed E-state index contributed by atoms with van der Waals surface area (Å²) in [5, 5.41) is 11.9. The van der Waals surface area contributed by atoms with Crippen LogP contribution in [0.4, 0.5) is 0 Å². The molecular weight excluding hydrogens is 104 g/mol. The molecule has 0 aromatic rings. The first-order valence-electron chi connectivity index (χ1n) is 2.93. The average Bonchev–Trinajstić information content (AvgIpc) is 1.64. The summed E-state index contributed by atoms with van der Waals surface area (Å²) >= 11 is 0. The van der Waals surface area contributed by atoms with Crippen LogP contribution in [-0.4, -0.2) is 30.3 Å². The van der Waals surface area contributed by atoms with E-state index >= 15 is 0 Å². The molecule has 0 radical (unpaired) electrons. The van der Waals surface area contributed by atoms with Crippen LogP contribution in [0, 0.1) is 0 Å². The van der Waals surface area contributed by atoms with Crippen LogP contribution in [0.3, 0.4) is 0 Å². The molecule has 0 unspecified atom stereocenters. The second-order valence-electron chi connectivity index (χ2n) is 2.31. The number of hydrogen-bond acceptors (Lipinski definition) is 3. The summed E-state index contributed by atoms with van der Waals surface area (Å²) in [6.07, 6.45) is 0.520. The van der Waals surface area contributed by atoms with Crippen LogP contribution in [0.25, 0.3) is 0 Å². The minimum Gasteiger partial charge on any atom is -0.392 e. The van der Waals surface area contributed by atoms with Crippen molar-refractivity contribution < 1.29 is 5.11 Å². The van der Waals surface area contributed by atoms with E-state index in [1.54, 1.807) is 0 Å². The van der Waals surface area contributed by atoms with Gasteiger partial charge >= 0.3 is 0 Å². The summed E-state index contributed by atoms with van der Waals surface area (Å²) in [7, 11) is 0. The summed E-state index contributed by atoms with van der Waals surface area (Å²) in [5.74, 6) is 0. The van der Waals surface area contributed by atoms with E-state index in [2.05, 4.69) is 5.32 Å². The third-order valence-electron chi connectivity index (χ3n) is 1.36. The molecule has 0 aromatic heterocycles. The van der Waals surface area contributed by atoms with E-state index in [1.165, 1.54) is 0 Å². The van der Waals surface area contributed by atoms with E-state index in [0.717, 1.165) is 13.0 Å². The minimum atomic E-state index is -0.223. The minimum absolute atomic E-state index is 0.152. The molecule has 0 bridgehead atoms. The molecule has 3 heteroatoms.